The summed E-state index contributed by atoms with van der Waals surface area (Å²) >= 11 is 0. The summed E-state index contributed by atoms with van der Waals surface area (Å²) in [7, 11) is 0. The number of nitrogens with zero attached hydrogens (tertiary/aromatic N) is 1. The Labute approximate surface area is 115 Å². The highest BCUT2D eigenvalue weighted by Gasteiger charge is 2.13. The Morgan fingerprint density at radius 2 is 1.95 bits per heavy atom. The molecule has 0 bridgehead atoms. The first-order chi connectivity index (χ1) is 9.72. The molecule has 20 heavy (non-hydrogen) atoms. The van der Waals surface area contributed by atoms with Crippen molar-refractivity contribution in [3.63, 3.8) is 0 Å². The van der Waals surface area contributed by atoms with Gasteiger partial charge in [0, 0.05) is 18.0 Å². The molecule has 0 unspecified atom stereocenters. The van der Waals surface area contributed by atoms with Gasteiger partial charge in [-0.2, -0.15) is 0 Å². The highest BCUT2D eigenvalue weighted by Crippen LogP contribution is 2.32. The molecule has 2 aromatic rings. The van der Waals surface area contributed by atoms with Crippen LogP contribution in [0.25, 0.3) is 0 Å². The molecule has 1 amide bonds. The smallest absolute Gasteiger partial charge is 0.257 e. The van der Waals surface area contributed by atoms with Gasteiger partial charge >= 0.3 is 0 Å². The highest BCUT2D eigenvalue weighted by atomic mass is 16.6. The first-order valence-corrected chi connectivity index (χ1v) is 6.07. The number of hydrogen-bond donors (Lipinski definition) is 2. The molecule has 1 aliphatic rings. The van der Waals surface area contributed by atoms with Gasteiger partial charge in [0.1, 0.15) is 19.0 Å². The van der Waals surface area contributed by atoms with Gasteiger partial charge in [0.2, 0.25) is 0 Å². The lowest BCUT2D eigenvalue weighted by Gasteiger charge is -2.19. The van der Waals surface area contributed by atoms with E-state index in [9.17, 15) is 9.90 Å². The van der Waals surface area contributed by atoms with Crippen LogP contribution in [0.2, 0.25) is 0 Å². The lowest BCUT2D eigenvalue weighted by molar-refractivity contribution is 0.102. The van der Waals surface area contributed by atoms with Crippen LogP contribution < -0.4 is 14.8 Å². The Hall–Kier alpha value is -2.76. The van der Waals surface area contributed by atoms with Gasteiger partial charge in [-0.25, -0.2) is 0 Å². The number of carbonyl (C=O) groups is 1. The molecule has 6 heteroatoms. The fourth-order valence-electron chi connectivity index (χ4n) is 1.88. The number of hydrogen-bond acceptors (Lipinski definition) is 5. The summed E-state index contributed by atoms with van der Waals surface area (Å²) in [4.78, 5) is 15.8. The number of anilines is 1. The van der Waals surface area contributed by atoms with Crippen molar-refractivity contribution in [2.75, 3.05) is 18.5 Å². The molecule has 2 N–H and O–H groups in total. The van der Waals surface area contributed by atoms with E-state index in [2.05, 4.69) is 10.3 Å². The molecule has 1 aliphatic heterocycles. The zero-order valence-corrected chi connectivity index (χ0v) is 10.5. The summed E-state index contributed by atoms with van der Waals surface area (Å²) in [5, 5.41) is 12.0. The zero-order chi connectivity index (χ0) is 13.9. The van der Waals surface area contributed by atoms with E-state index in [-0.39, 0.29) is 17.2 Å². The molecule has 0 fully saturated rings. The van der Waals surface area contributed by atoms with E-state index in [1.807, 2.05) is 0 Å². The standard InChI is InChI=1S/C14H12N2O4/c17-11-5-9(7-15-8-11)14(18)16-10-1-2-12-13(6-10)20-4-3-19-12/h1-2,5-8,17H,3-4H2,(H,16,18). The maximum atomic E-state index is 12.0. The molecule has 0 radical (unpaired) electrons. The van der Waals surface area contributed by atoms with E-state index < -0.39 is 0 Å². The van der Waals surface area contributed by atoms with E-state index in [1.165, 1.54) is 18.5 Å². The molecule has 3 rings (SSSR count). The van der Waals surface area contributed by atoms with Gasteiger partial charge in [0.05, 0.1) is 11.8 Å². The Kier molecular flexibility index (Phi) is 3.12. The first kappa shape index (κ1) is 12.3. The van der Waals surface area contributed by atoms with Gasteiger partial charge in [0.25, 0.3) is 5.91 Å². The largest absolute Gasteiger partial charge is 0.506 e. The van der Waals surface area contributed by atoms with Crippen molar-refractivity contribution < 1.29 is 19.4 Å². The summed E-state index contributed by atoms with van der Waals surface area (Å²) in [5.41, 5.74) is 0.863. The summed E-state index contributed by atoms with van der Waals surface area (Å²) < 4.78 is 10.8. The van der Waals surface area contributed by atoms with Gasteiger partial charge in [-0.05, 0) is 18.2 Å². The van der Waals surface area contributed by atoms with Crippen LogP contribution in [0.1, 0.15) is 10.4 Å². The van der Waals surface area contributed by atoms with E-state index in [0.717, 1.165) is 0 Å². The van der Waals surface area contributed by atoms with Crippen LogP contribution in [0.4, 0.5) is 5.69 Å². The Balaban J connectivity index is 1.79. The SMILES string of the molecule is O=C(Nc1ccc2c(c1)OCCO2)c1cncc(O)c1. The molecule has 0 saturated carbocycles. The lowest BCUT2D eigenvalue weighted by atomic mass is 10.2. The zero-order valence-electron chi connectivity index (χ0n) is 10.5. The minimum atomic E-state index is -0.356. The van der Waals surface area contributed by atoms with Gasteiger partial charge in [-0.1, -0.05) is 0 Å². The molecule has 1 aromatic heterocycles. The number of carbonyl (C=O) groups excluding carboxylic acids is 1. The number of aromatic nitrogens is 1. The maximum Gasteiger partial charge on any atom is 0.257 e. The molecule has 102 valence electrons. The number of amides is 1. The Morgan fingerprint density at radius 3 is 2.75 bits per heavy atom. The maximum absolute atomic E-state index is 12.0. The topological polar surface area (TPSA) is 80.7 Å². The average molecular weight is 272 g/mol. The molecule has 0 saturated heterocycles. The second kappa shape index (κ2) is 5.08. The number of fused-ring (bicyclic) bond motifs is 1. The third-order valence-electron chi connectivity index (χ3n) is 2.79. The summed E-state index contributed by atoms with van der Waals surface area (Å²) in [6.07, 6.45) is 2.65. The fourth-order valence-corrected chi connectivity index (χ4v) is 1.88. The number of rotatable bonds is 2. The van der Waals surface area contributed by atoms with Crippen LogP contribution in [0, 0.1) is 0 Å². The summed E-state index contributed by atoms with van der Waals surface area (Å²) in [5.74, 6) is 0.848. The van der Waals surface area contributed by atoms with Crippen molar-refractivity contribution in [2.24, 2.45) is 0 Å². The molecular formula is C14H12N2O4. The molecule has 0 atom stereocenters. The van der Waals surface area contributed by atoms with Crippen LogP contribution in [0.3, 0.4) is 0 Å². The molecule has 1 aromatic carbocycles. The highest BCUT2D eigenvalue weighted by molar-refractivity contribution is 6.04. The normalized spacial score (nSPS) is 12.8. The van der Waals surface area contributed by atoms with Crippen LogP contribution in [-0.2, 0) is 0 Å². The Morgan fingerprint density at radius 1 is 1.15 bits per heavy atom. The van der Waals surface area contributed by atoms with Crippen molar-refractivity contribution >= 4 is 11.6 Å². The van der Waals surface area contributed by atoms with Gasteiger partial charge in [-0.15, -0.1) is 0 Å². The average Bonchev–Trinajstić information content (AvgIpc) is 2.47. The van der Waals surface area contributed by atoms with Gasteiger partial charge in [-0.3, -0.25) is 9.78 Å². The second-order valence-corrected chi connectivity index (χ2v) is 4.24. The van der Waals surface area contributed by atoms with Crippen LogP contribution in [0.5, 0.6) is 17.2 Å². The molecule has 0 spiro atoms. The third-order valence-corrected chi connectivity index (χ3v) is 2.79. The van der Waals surface area contributed by atoms with Crippen molar-refractivity contribution in [2.45, 2.75) is 0 Å². The van der Waals surface area contributed by atoms with Crippen molar-refractivity contribution in [1.29, 1.82) is 0 Å². The van der Waals surface area contributed by atoms with Crippen molar-refractivity contribution in [3.8, 4) is 17.2 Å². The number of ether oxygens (including phenoxy) is 2. The number of pyridine rings is 1. The minimum absolute atomic E-state index is 0.0557. The van der Waals surface area contributed by atoms with Crippen LogP contribution in [0.15, 0.2) is 36.7 Å². The summed E-state index contributed by atoms with van der Waals surface area (Å²) in [6, 6.07) is 6.51. The van der Waals surface area contributed by atoms with E-state index in [4.69, 9.17) is 9.47 Å². The van der Waals surface area contributed by atoms with Crippen molar-refractivity contribution in [1.82, 2.24) is 4.98 Å². The Bertz CT molecular complexity index is 657. The molecule has 0 aliphatic carbocycles. The quantitative estimate of drug-likeness (QED) is 0.871. The minimum Gasteiger partial charge on any atom is -0.506 e. The van der Waals surface area contributed by atoms with Gasteiger partial charge < -0.3 is 19.9 Å². The lowest BCUT2D eigenvalue weighted by Crippen LogP contribution is -2.16. The fraction of sp³-hybridized carbons (Fsp3) is 0.143. The predicted molar refractivity (Wildman–Crippen MR) is 71.3 cm³/mol. The third kappa shape index (κ3) is 2.49. The van der Waals surface area contributed by atoms with Crippen LogP contribution in [-0.4, -0.2) is 29.2 Å². The number of aromatic hydroxyl groups is 1. The molecular weight excluding hydrogens is 260 g/mol. The molecule has 2 heterocycles. The molecule has 6 nitrogen and oxygen atoms in total. The number of nitrogens with one attached hydrogen (secondary N) is 1. The monoisotopic (exact) mass is 272 g/mol. The van der Waals surface area contributed by atoms with E-state index >= 15 is 0 Å². The second-order valence-electron chi connectivity index (χ2n) is 4.24. The van der Waals surface area contributed by atoms with E-state index in [1.54, 1.807) is 18.2 Å². The van der Waals surface area contributed by atoms with Crippen molar-refractivity contribution in [3.05, 3.63) is 42.2 Å². The number of benzene rings is 1. The summed E-state index contributed by atoms with van der Waals surface area (Å²) in [6.45, 7) is 1.01. The van der Waals surface area contributed by atoms with Gasteiger partial charge in [0.15, 0.2) is 11.5 Å². The van der Waals surface area contributed by atoms with E-state index in [0.29, 0.717) is 30.4 Å². The van der Waals surface area contributed by atoms with Crippen LogP contribution >= 0.6 is 0 Å². The first-order valence-electron chi connectivity index (χ1n) is 6.07. The predicted octanol–water partition coefficient (Wildman–Crippen LogP) is 1.81.